The Bertz CT molecular complexity index is 1200. The molecule has 0 radical (unpaired) electrons. The number of benzene rings is 2. The van der Waals surface area contributed by atoms with E-state index in [1.165, 1.54) is 0 Å². The molecule has 0 aliphatic heterocycles. The molecule has 0 spiro atoms. The predicted molar refractivity (Wildman–Crippen MR) is 138 cm³/mol. The van der Waals surface area contributed by atoms with E-state index in [-0.39, 0.29) is 23.0 Å². The molecule has 1 fully saturated rings. The minimum atomic E-state index is -0.0852. The molecule has 2 unspecified atom stereocenters. The van der Waals surface area contributed by atoms with Crippen molar-refractivity contribution in [3.8, 4) is 23.0 Å². The minimum absolute atomic E-state index is 0.0687. The number of rotatable bonds is 7. The highest BCUT2D eigenvalue weighted by Gasteiger charge is 2.27. The normalized spacial score (nSPS) is 17.5. The summed E-state index contributed by atoms with van der Waals surface area (Å²) < 4.78 is 22.3. The van der Waals surface area contributed by atoms with Gasteiger partial charge < -0.3 is 29.6 Å². The zero-order chi connectivity index (χ0) is 24.8. The third-order valence-electron chi connectivity index (χ3n) is 6.11. The zero-order valence-electron chi connectivity index (χ0n) is 20.0. The monoisotopic (exact) mass is 495 g/mol. The van der Waals surface area contributed by atoms with Crippen LogP contribution in [0.5, 0.6) is 23.0 Å². The number of fused-ring (bicyclic) bond motifs is 1. The third-order valence-corrected chi connectivity index (χ3v) is 6.32. The lowest BCUT2D eigenvalue weighted by molar-refractivity contribution is -0.126. The molecule has 2 atom stereocenters. The van der Waals surface area contributed by atoms with E-state index in [1.807, 2.05) is 36.4 Å². The first-order valence-electron chi connectivity index (χ1n) is 11.4. The lowest BCUT2D eigenvalue weighted by Gasteiger charge is -2.27. The van der Waals surface area contributed by atoms with Crippen LogP contribution < -0.4 is 24.8 Å². The van der Waals surface area contributed by atoms with E-state index in [2.05, 4.69) is 15.6 Å². The average molecular weight is 496 g/mol. The maximum Gasteiger partial charge on any atom is 0.229 e. The number of thiocarbonyl (C=S) groups is 1. The summed E-state index contributed by atoms with van der Waals surface area (Å²) in [6, 6.07) is 12.8. The van der Waals surface area contributed by atoms with Gasteiger partial charge in [0.2, 0.25) is 5.91 Å². The number of carbonyl (C=O) groups excluding carboxylic acids is 1. The molecule has 0 saturated heterocycles. The van der Waals surface area contributed by atoms with Crippen molar-refractivity contribution in [1.29, 1.82) is 0 Å². The van der Waals surface area contributed by atoms with Crippen LogP contribution in [0.3, 0.4) is 0 Å². The van der Waals surface area contributed by atoms with E-state index in [1.54, 1.807) is 33.6 Å². The largest absolute Gasteiger partial charge is 0.493 e. The van der Waals surface area contributed by atoms with Gasteiger partial charge in [-0.25, -0.2) is 0 Å². The quantitative estimate of drug-likeness (QED) is 0.440. The van der Waals surface area contributed by atoms with Crippen LogP contribution in [-0.2, 0) is 9.53 Å². The second-order valence-electron chi connectivity index (χ2n) is 8.32. The van der Waals surface area contributed by atoms with Gasteiger partial charge in [-0.3, -0.25) is 9.78 Å². The predicted octanol–water partition coefficient (Wildman–Crippen LogP) is 5.06. The number of hydrogen-bond donors (Lipinski definition) is 2. The number of anilines is 1. The van der Waals surface area contributed by atoms with Crippen LogP contribution in [0.25, 0.3) is 10.9 Å². The van der Waals surface area contributed by atoms with Gasteiger partial charge in [-0.15, -0.1) is 0 Å². The fraction of sp³-hybridized carbons (Fsp3) is 0.346. The fourth-order valence-corrected chi connectivity index (χ4v) is 4.46. The van der Waals surface area contributed by atoms with Crippen molar-refractivity contribution >= 4 is 39.8 Å². The molecule has 1 aliphatic carbocycles. The molecule has 1 heterocycles. The summed E-state index contributed by atoms with van der Waals surface area (Å²) in [5, 5.41) is 6.93. The Balaban J connectivity index is 1.39. The zero-order valence-corrected chi connectivity index (χ0v) is 20.8. The van der Waals surface area contributed by atoms with Gasteiger partial charge in [0.25, 0.3) is 0 Å². The van der Waals surface area contributed by atoms with Crippen LogP contribution in [-0.4, -0.2) is 43.4 Å². The van der Waals surface area contributed by atoms with Crippen molar-refractivity contribution in [2.75, 3.05) is 26.6 Å². The van der Waals surface area contributed by atoms with E-state index >= 15 is 0 Å². The van der Waals surface area contributed by atoms with E-state index in [0.29, 0.717) is 23.0 Å². The summed E-state index contributed by atoms with van der Waals surface area (Å²) >= 11 is 5.34. The van der Waals surface area contributed by atoms with Gasteiger partial charge in [0, 0.05) is 36.4 Å². The third kappa shape index (κ3) is 5.98. The lowest BCUT2D eigenvalue weighted by Crippen LogP contribution is -2.40. The van der Waals surface area contributed by atoms with Crippen LogP contribution in [0.15, 0.2) is 48.7 Å². The standard InChI is InChI=1S/C26H29N3O5S/c1-31-19-6-4-5-16(13-19)25(30)29-26(35)28-17-7-9-18(10-8-17)34-22-11-12-27-21-15-24(33-3)23(32-2)14-20(21)22/h7-12,14-16,19H,4-6,13H2,1-3H3,(H2,28,29,30,35). The van der Waals surface area contributed by atoms with Gasteiger partial charge in [0.15, 0.2) is 16.6 Å². The number of hydrogen-bond acceptors (Lipinski definition) is 7. The average Bonchev–Trinajstić information content (AvgIpc) is 2.89. The first kappa shape index (κ1) is 24.7. The van der Waals surface area contributed by atoms with Crippen molar-refractivity contribution < 1.29 is 23.7 Å². The summed E-state index contributed by atoms with van der Waals surface area (Å²) in [6.45, 7) is 0. The fourth-order valence-electron chi connectivity index (χ4n) is 4.24. The number of ether oxygens (including phenoxy) is 4. The molecule has 3 aromatic rings. The van der Waals surface area contributed by atoms with Gasteiger partial charge in [-0.1, -0.05) is 6.42 Å². The van der Waals surface area contributed by atoms with Gasteiger partial charge in [0.1, 0.15) is 11.5 Å². The molecule has 9 heteroatoms. The van der Waals surface area contributed by atoms with Crippen LogP contribution in [0.4, 0.5) is 5.69 Å². The molecule has 35 heavy (non-hydrogen) atoms. The van der Waals surface area contributed by atoms with Crippen molar-refractivity contribution in [3.63, 3.8) is 0 Å². The first-order chi connectivity index (χ1) is 17.0. The summed E-state index contributed by atoms with van der Waals surface area (Å²) in [6.07, 6.45) is 5.36. The molecular weight excluding hydrogens is 466 g/mol. The van der Waals surface area contributed by atoms with E-state index in [4.69, 9.17) is 31.2 Å². The molecule has 1 saturated carbocycles. The number of pyridine rings is 1. The Labute approximate surface area is 209 Å². The topological polar surface area (TPSA) is 90.9 Å². The van der Waals surface area contributed by atoms with Crippen molar-refractivity contribution in [3.05, 3.63) is 48.7 Å². The molecule has 2 N–H and O–H groups in total. The molecule has 184 valence electrons. The molecular formula is C26H29N3O5S. The summed E-state index contributed by atoms with van der Waals surface area (Å²) in [5.41, 5.74) is 1.47. The maximum absolute atomic E-state index is 12.6. The molecule has 1 aromatic heterocycles. The van der Waals surface area contributed by atoms with Gasteiger partial charge in [-0.05, 0) is 67.9 Å². The smallest absolute Gasteiger partial charge is 0.229 e. The van der Waals surface area contributed by atoms with Crippen LogP contribution >= 0.6 is 12.2 Å². The number of methoxy groups -OCH3 is 3. The summed E-state index contributed by atoms with van der Waals surface area (Å²) in [7, 11) is 4.86. The minimum Gasteiger partial charge on any atom is -0.493 e. The van der Waals surface area contributed by atoms with Gasteiger partial charge in [0.05, 0.1) is 25.8 Å². The van der Waals surface area contributed by atoms with Crippen LogP contribution in [0.1, 0.15) is 25.7 Å². The number of amides is 1. The summed E-state index contributed by atoms with van der Waals surface area (Å²) in [5.74, 6) is 2.32. The molecule has 8 nitrogen and oxygen atoms in total. The van der Waals surface area contributed by atoms with Crippen molar-refractivity contribution in [2.24, 2.45) is 5.92 Å². The van der Waals surface area contributed by atoms with E-state index < -0.39 is 0 Å². The Morgan fingerprint density at radius 3 is 2.46 bits per heavy atom. The highest BCUT2D eigenvalue weighted by atomic mass is 32.1. The SMILES string of the molecule is COc1cc2nccc(Oc3ccc(NC(=S)NC(=O)C4CCCC(OC)C4)cc3)c2cc1OC. The van der Waals surface area contributed by atoms with E-state index in [0.717, 1.165) is 42.3 Å². The first-order valence-corrected chi connectivity index (χ1v) is 11.8. The molecule has 1 aliphatic rings. The van der Waals surface area contributed by atoms with Crippen molar-refractivity contribution in [2.45, 2.75) is 31.8 Å². The maximum atomic E-state index is 12.6. The van der Waals surface area contributed by atoms with Gasteiger partial charge in [-0.2, -0.15) is 0 Å². The number of carbonyl (C=O) groups is 1. The van der Waals surface area contributed by atoms with E-state index in [9.17, 15) is 4.79 Å². The molecule has 0 bridgehead atoms. The highest BCUT2D eigenvalue weighted by molar-refractivity contribution is 7.80. The molecule has 4 rings (SSSR count). The second kappa shape index (κ2) is 11.3. The second-order valence-corrected chi connectivity index (χ2v) is 8.73. The Morgan fingerprint density at radius 1 is 1.00 bits per heavy atom. The van der Waals surface area contributed by atoms with Gasteiger partial charge >= 0.3 is 0 Å². The van der Waals surface area contributed by atoms with Crippen LogP contribution in [0.2, 0.25) is 0 Å². The Morgan fingerprint density at radius 2 is 1.74 bits per heavy atom. The molecule has 1 amide bonds. The van der Waals surface area contributed by atoms with Crippen LogP contribution in [0, 0.1) is 5.92 Å². The highest BCUT2D eigenvalue weighted by Crippen LogP contribution is 2.37. The Hall–Kier alpha value is -3.43. The lowest BCUT2D eigenvalue weighted by atomic mass is 9.86. The number of nitrogens with one attached hydrogen (secondary N) is 2. The van der Waals surface area contributed by atoms with Crippen molar-refractivity contribution in [1.82, 2.24) is 10.3 Å². The number of aromatic nitrogens is 1. The Kier molecular flexibility index (Phi) is 7.99. The number of nitrogens with zero attached hydrogens (tertiary/aromatic N) is 1. The summed E-state index contributed by atoms with van der Waals surface area (Å²) in [4.78, 5) is 17.0. The molecule has 2 aromatic carbocycles.